The van der Waals surface area contributed by atoms with E-state index in [1.165, 1.54) is 0 Å². The molecule has 4 nitrogen and oxygen atoms in total. The van der Waals surface area contributed by atoms with Crippen LogP contribution in [0.3, 0.4) is 0 Å². The van der Waals surface area contributed by atoms with E-state index in [9.17, 15) is 0 Å². The average molecular weight is 286 g/mol. The lowest BCUT2D eigenvalue weighted by molar-refractivity contribution is 0.182. The molecule has 0 aliphatic carbocycles. The fourth-order valence-corrected chi connectivity index (χ4v) is 2.76. The summed E-state index contributed by atoms with van der Waals surface area (Å²) >= 11 is 0. The Morgan fingerprint density at radius 1 is 1.14 bits per heavy atom. The van der Waals surface area contributed by atoms with E-state index in [2.05, 4.69) is 42.9 Å². The minimum Gasteiger partial charge on any atom is -0.397 e. The Bertz CT molecular complexity index is 584. The number of benzene rings is 1. The Labute approximate surface area is 127 Å². The Kier molecular flexibility index (Phi) is 5.02. The Balaban J connectivity index is 2.05. The van der Waals surface area contributed by atoms with Crippen LogP contribution in [0.2, 0.25) is 0 Å². The molecule has 0 amide bonds. The van der Waals surface area contributed by atoms with Gasteiger partial charge in [0.1, 0.15) is 0 Å². The third-order valence-electron chi connectivity index (χ3n) is 3.84. The smallest absolute Gasteiger partial charge is 0.0724 e. The topological polar surface area (TPSA) is 54.2 Å². The van der Waals surface area contributed by atoms with Crippen molar-refractivity contribution in [1.82, 2.24) is 9.88 Å². The second-order valence-corrected chi connectivity index (χ2v) is 5.95. The first-order valence-corrected chi connectivity index (χ1v) is 7.63. The molecule has 0 saturated carbocycles. The number of nitrogens with one attached hydrogen (secondary N) is 1. The quantitative estimate of drug-likeness (QED) is 0.800. The van der Waals surface area contributed by atoms with Gasteiger partial charge in [0, 0.05) is 36.8 Å². The molecule has 1 aromatic heterocycles. The summed E-state index contributed by atoms with van der Waals surface area (Å²) < 4.78 is 0. The van der Waals surface area contributed by atoms with E-state index in [4.69, 9.17) is 5.73 Å². The number of hydrogen-bond acceptors (Lipinski definition) is 4. The zero-order valence-electron chi connectivity index (χ0n) is 13.4. The number of rotatable bonds is 6. The van der Waals surface area contributed by atoms with Crippen LogP contribution in [0.1, 0.15) is 27.7 Å². The lowest BCUT2D eigenvalue weighted by Gasteiger charge is -2.30. The van der Waals surface area contributed by atoms with E-state index in [0.29, 0.717) is 12.1 Å². The number of anilines is 2. The standard InChI is InChI=1S/C17H26N4/c1-12(2)21(13(3)4)11-10-20-16-8-7-15-14(17(16)18)6-5-9-19-15/h5-9,12-13,20H,10-11,18H2,1-4H3. The molecule has 0 fully saturated rings. The summed E-state index contributed by atoms with van der Waals surface area (Å²) in [4.78, 5) is 6.79. The van der Waals surface area contributed by atoms with Crippen molar-refractivity contribution in [3.8, 4) is 0 Å². The van der Waals surface area contributed by atoms with E-state index in [0.717, 1.165) is 35.4 Å². The largest absolute Gasteiger partial charge is 0.397 e. The predicted octanol–water partition coefficient (Wildman–Crippen LogP) is 3.35. The van der Waals surface area contributed by atoms with Crippen molar-refractivity contribution < 1.29 is 0 Å². The highest BCUT2D eigenvalue weighted by Crippen LogP contribution is 2.27. The summed E-state index contributed by atoms with van der Waals surface area (Å²) in [5.74, 6) is 0. The number of nitrogen functional groups attached to an aromatic ring is 1. The van der Waals surface area contributed by atoms with Gasteiger partial charge in [-0.3, -0.25) is 9.88 Å². The summed E-state index contributed by atoms with van der Waals surface area (Å²) in [5, 5.41) is 4.46. The normalized spacial score (nSPS) is 11.8. The van der Waals surface area contributed by atoms with Gasteiger partial charge in [0.2, 0.25) is 0 Å². The first kappa shape index (κ1) is 15.6. The molecule has 2 rings (SSSR count). The van der Waals surface area contributed by atoms with Gasteiger partial charge in [0.15, 0.2) is 0 Å². The minimum atomic E-state index is 0.546. The van der Waals surface area contributed by atoms with Gasteiger partial charge in [-0.2, -0.15) is 0 Å². The van der Waals surface area contributed by atoms with Gasteiger partial charge >= 0.3 is 0 Å². The molecule has 0 unspecified atom stereocenters. The van der Waals surface area contributed by atoms with Crippen molar-refractivity contribution in [1.29, 1.82) is 0 Å². The monoisotopic (exact) mass is 286 g/mol. The van der Waals surface area contributed by atoms with Gasteiger partial charge in [0.05, 0.1) is 16.9 Å². The van der Waals surface area contributed by atoms with E-state index in [1.54, 1.807) is 6.20 Å². The molecular formula is C17H26N4. The predicted molar refractivity (Wildman–Crippen MR) is 91.6 cm³/mol. The van der Waals surface area contributed by atoms with E-state index >= 15 is 0 Å². The van der Waals surface area contributed by atoms with Gasteiger partial charge < -0.3 is 11.1 Å². The van der Waals surface area contributed by atoms with Crippen molar-refractivity contribution in [2.45, 2.75) is 39.8 Å². The zero-order chi connectivity index (χ0) is 15.4. The number of nitrogens with two attached hydrogens (primary N) is 1. The maximum absolute atomic E-state index is 6.24. The van der Waals surface area contributed by atoms with Gasteiger partial charge in [-0.1, -0.05) is 0 Å². The Morgan fingerprint density at radius 2 is 1.86 bits per heavy atom. The van der Waals surface area contributed by atoms with E-state index in [-0.39, 0.29) is 0 Å². The van der Waals surface area contributed by atoms with Crippen LogP contribution in [0.5, 0.6) is 0 Å². The van der Waals surface area contributed by atoms with Crippen LogP contribution in [0.15, 0.2) is 30.5 Å². The van der Waals surface area contributed by atoms with Crippen LogP contribution < -0.4 is 11.1 Å². The summed E-state index contributed by atoms with van der Waals surface area (Å²) in [6, 6.07) is 9.05. The van der Waals surface area contributed by atoms with E-state index < -0.39 is 0 Å². The lowest BCUT2D eigenvalue weighted by Crippen LogP contribution is -2.40. The fraction of sp³-hybridized carbons (Fsp3) is 0.471. The van der Waals surface area contributed by atoms with Crippen LogP contribution in [-0.2, 0) is 0 Å². The fourth-order valence-electron chi connectivity index (χ4n) is 2.76. The molecular weight excluding hydrogens is 260 g/mol. The van der Waals surface area contributed by atoms with Crippen molar-refractivity contribution in [3.63, 3.8) is 0 Å². The molecule has 0 aliphatic rings. The van der Waals surface area contributed by atoms with Crippen LogP contribution in [0.4, 0.5) is 11.4 Å². The second kappa shape index (κ2) is 6.76. The van der Waals surface area contributed by atoms with Gasteiger partial charge in [-0.25, -0.2) is 0 Å². The number of fused-ring (bicyclic) bond motifs is 1. The number of pyridine rings is 1. The molecule has 0 spiro atoms. The van der Waals surface area contributed by atoms with Crippen LogP contribution in [0.25, 0.3) is 10.9 Å². The Morgan fingerprint density at radius 3 is 2.52 bits per heavy atom. The first-order chi connectivity index (χ1) is 10.0. The number of hydrogen-bond donors (Lipinski definition) is 2. The SMILES string of the molecule is CC(C)N(CCNc1ccc2ncccc2c1N)C(C)C. The highest BCUT2D eigenvalue weighted by Gasteiger charge is 2.12. The molecule has 114 valence electrons. The lowest BCUT2D eigenvalue weighted by atomic mass is 10.1. The molecule has 3 N–H and O–H groups in total. The number of aromatic nitrogens is 1. The second-order valence-electron chi connectivity index (χ2n) is 5.95. The summed E-state index contributed by atoms with van der Waals surface area (Å²) in [7, 11) is 0. The van der Waals surface area contributed by atoms with E-state index in [1.807, 2.05) is 24.3 Å². The summed E-state index contributed by atoms with van der Waals surface area (Å²) in [5.41, 5.74) is 8.94. The molecule has 2 aromatic rings. The maximum atomic E-state index is 6.24. The average Bonchev–Trinajstić information content (AvgIpc) is 2.45. The molecule has 0 atom stereocenters. The van der Waals surface area contributed by atoms with Crippen LogP contribution in [0, 0.1) is 0 Å². The van der Waals surface area contributed by atoms with Crippen molar-refractivity contribution in [3.05, 3.63) is 30.5 Å². The zero-order valence-corrected chi connectivity index (χ0v) is 13.4. The molecule has 0 bridgehead atoms. The summed E-state index contributed by atoms with van der Waals surface area (Å²) in [6.07, 6.45) is 1.79. The van der Waals surface area contributed by atoms with Crippen LogP contribution >= 0.6 is 0 Å². The molecule has 1 aromatic carbocycles. The summed E-state index contributed by atoms with van der Waals surface area (Å²) in [6.45, 7) is 10.8. The molecule has 0 saturated heterocycles. The maximum Gasteiger partial charge on any atom is 0.0724 e. The molecule has 21 heavy (non-hydrogen) atoms. The van der Waals surface area contributed by atoms with Gasteiger partial charge in [-0.15, -0.1) is 0 Å². The molecule has 1 heterocycles. The Hall–Kier alpha value is -1.81. The van der Waals surface area contributed by atoms with Crippen molar-refractivity contribution >= 4 is 22.3 Å². The first-order valence-electron chi connectivity index (χ1n) is 7.63. The highest BCUT2D eigenvalue weighted by molar-refractivity contribution is 5.96. The molecule has 0 radical (unpaired) electrons. The van der Waals surface area contributed by atoms with Crippen LogP contribution in [-0.4, -0.2) is 35.1 Å². The third-order valence-corrected chi connectivity index (χ3v) is 3.84. The van der Waals surface area contributed by atoms with Gasteiger partial charge in [-0.05, 0) is 52.0 Å². The third kappa shape index (κ3) is 3.64. The van der Waals surface area contributed by atoms with Gasteiger partial charge in [0.25, 0.3) is 0 Å². The molecule has 0 aliphatic heterocycles. The molecule has 4 heteroatoms. The number of nitrogens with zero attached hydrogens (tertiary/aromatic N) is 2. The minimum absolute atomic E-state index is 0.546. The van der Waals surface area contributed by atoms with Crippen molar-refractivity contribution in [2.24, 2.45) is 0 Å². The highest BCUT2D eigenvalue weighted by atomic mass is 15.2. The van der Waals surface area contributed by atoms with Crippen molar-refractivity contribution in [2.75, 3.05) is 24.1 Å².